The molecule has 2 aromatic carbocycles. The smallest absolute Gasteiger partial charge is 0.0897 e. The Kier molecular flexibility index (Phi) is 4.32. The van der Waals surface area contributed by atoms with E-state index >= 15 is 0 Å². The number of hydrogen-bond acceptors (Lipinski definition) is 3. The fourth-order valence-corrected chi connectivity index (χ4v) is 3.32. The topological polar surface area (TPSA) is 24.9 Å². The second-order valence-electron chi connectivity index (χ2n) is 5.35. The van der Waals surface area contributed by atoms with Gasteiger partial charge in [-0.3, -0.25) is 0 Å². The lowest BCUT2D eigenvalue weighted by Crippen LogP contribution is -2.21. The van der Waals surface area contributed by atoms with E-state index in [0.29, 0.717) is 6.04 Å². The first-order chi connectivity index (χ1) is 10.2. The second-order valence-corrected chi connectivity index (χ2v) is 6.41. The third kappa shape index (κ3) is 3.31. The number of fused-ring (bicyclic) bond motifs is 1. The fraction of sp³-hybridized carbons (Fsp3) is 0.278. The van der Waals surface area contributed by atoms with E-state index < -0.39 is 0 Å². The SMILES string of the molecule is Cc1nc(CCNC(C)c2cccc3ccccc23)cs1. The molecule has 0 fully saturated rings. The van der Waals surface area contributed by atoms with Crippen LogP contribution in [-0.4, -0.2) is 11.5 Å². The van der Waals surface area contributed by atoms with Crippen molar-refractivity contribution >= 4 is 22.1 Å². The van der Waals surface area contributed by atoms with Crippen LogP contribution < -0.4 is 5.32 Å². The third-order valence-electron chi connectivity index (χ3n) is 3.79. The van der Waals surface area contributed by atoms with E-state index in [4.69, 9.17) is 0 Å². The molecule has 0 radical (unpaired) electrons. The van der Waals surface area contributed by atoms with E-state index in [1.807, 2.05) is 0 Å². The Balaban J connectivity index is 1.68. The number of aryl methyl sites for hydroxylation is 1. The molecule has 0 aliphatic carbocycles. The molecule has 0 spiro atoms. The van der Waals surface area contributed by atoms with Crippen molar-refractivity contribution in [3.63, 3.8) is 0 Å². The zero-order valence-corrected chi connectivity index (χ0v) is 13.3. The zero-order chi connectivity index (χ0) is 14.7. The van der Waals surface area contributed by atoms with Crippen molar-refractivity contribution in [2.24, 2.45) is 0 Å². The van der Waals surface area contributed by atoms with Crippen LogP contribution in [0.4, 0.5) is 0 Å². The molecule has 0 aliphatic rings. The number of rotatable bonds is 5. The average Bonchev–Trinajstić information content (AvgIpc) is 2.92. The number of aromatic nitrogens is 1. The lowest BCUT2D eigenvalue weighted by molar-refractivity contribution is 0.577. The Morgan fingerprint density at radius 1 is 1.14 bits per heavy atom. The van der Waals surface area contributed by atoms with Gasteiger partial charge in [-0.25, -0.2) is 4.98 Å². The van der Waals surface area contributed by atoms with Gasteiger partial charge in [-0.05, 0) is 30.2 Å². The van der Waals surface area contributed by atoms with Crippen LogP contribution in [0.1, 0.15) is 29.2 Å². The van der Waals surface area contributed by atoms with E-state index in [1.54, 1.807) is 11.3 Å². The molecule has 0 bridgehead atoms. The minimum atomic E-state index is 0.343. The summed E-state index contributed by atoms with van der Waals surface area (Å²) in [4.78, 5) is 4.51. The largest absolute Gasteiger partial charge is 0.310 e. The number of nitrogens with zero attached hydrogens (tertiary/aromatic N) is 1. The summed E-state index contributed by atoms with van der Waals surface area (Å²) in [6, 6.07) is 15.4. The Bertz CT molecular complexity index is 727. The monoisotopic (exact) mass is 296 g/mol. The molecule has 21 heavy (non-hydrogen) atoms. The maximum Gasteiger partial charge on any atom is 0.0897 e. The molecular weight excluding hydrogens is 276 g/mol. The van der Waals surface area contributed by atoms with Crippen LogP contribution in [0.25, 0.3) is 10.8 Å². The molecule has 1 heterocycles. The van der Waals surface area contributed by atoms with Crippen molar-refractivity contribution in [3.05, 3.63) is 64.1 Å². The van der Waals surface area contributed by atoms with Crippen LogP contribution in [0, 0.1) is 6.92 Å². The van der Waals surface area contributed by atoms with E-state index in [1.165, 1.54) is 22.0 Å². The summed E-state index contributed by atoms with van der Waals surface area (Å²) in [6.07, 6.45) is 0.986. The van der Waals surface area contributed by atoms with Gasteiger partial charge in [0.1, 0.15) is 0 Å². The fourth-order valence-electron chi connectivity index (χ4n) is 2.68. The molecule has 0 saturated heterocycles. The summed E-state index contributed by atoms with van der Waals surface area (Å²) in [5.41, 5.74) is 2.55. The minimum absolute atomic E-state index is 0.343. The highest BCUT2D eigenvalue weighted by Gasteiger charge is 2.08. The van der Waals surface area contributed by atoms with Crippen molar-refractivity contribution in [1.29, 1.82) is 0 Å². The van der Waals surface area contributed by atoms with Gasteiger partial charge in [-0.15, -0.1) is 11.3 Å². The number of hydrogen-bond donors (Lipinski definition) is 1. The molecule has 1 N–H and O–H groups in total. The highest BCUT2D eigenvalue weighted by atomic mass is 32.1. The van der Waals surface area contributed by atoms with Crippen molar-refractivity contribution in [1.82, 2.24) is 10.3 Å². The third-order valence-corrected chi connectivity index (χ3v) is 4.61. The average molecular weight is 296 g/mol. The molecule has 0 aliphatic heterocycles. The summed E-state index contributed by atoms with van der Waals surface area (Å²) >= 11 is 1.72. The van der Waals surface area contributed by atoms with Crippen LogP contribution >= 0.6 is 11.3 Å². The van der Waals surface area contributed by atoms with Gasteiger partial charge in [0.25, 0.3) is 0 Å². The first kappa shape index (κ1) is 14.2. The van der Waals surface area contributed by atoms with Crippen molar-refractivity contribution in [2.75, 3.05) is 6.54 Å². The molecule has 1 aromatic heterocycles. The van der Waals surface area contributed by atoms with Gasteiger partial charge in [-0.1, -0.05) is 42.5 Å². The highest BCUT2D eigenvalue weighted by molar-refractivity contribution is 7.09. The van der Waals surface area contributed by atoms with Crippen LogP contribution in [0.3, 0.4) is 0 Å². The molecular formula is C18H20N2S. The van der Waals surface area contributed by atoms with Gasteiger partial charge >= 0.3 is 0 Å². The molecule has 0 amide bonds. The number of nitrogens with one attached hydrogen (secondary N) is 1. The van der Waals surface area contributed by atoms with Gasteiger partial charge in [0.05, 0.1) is 10.7 Å². The quantitative estimate of drug-likeness (QED) is 0.750. The maximum absolute atomic E-state index is 4.51. The van der Waals surface area contributed by atoms with Crippen LogP contribution in [0.5, 0.6) is 0 Å². The van der Waals surface area contributed by atoms with Gasteiger partial charge in [0, 0.05) is 24.4 Å². The van der Waals surface area contributed by atoms with Crippen LogP contribution in [0.15, 0.2) is 47.8 Å². The lowest BCUT2D eigenvalue weighted by Gasteiger charge is -2.16. The van der Waals surface area contributed by atoms with Crippen molar-refractivity contribution in [3.8, 4) is 0 Å². The van der Waals surface area contributed by atoms with Gasteiger partial charge in [0.15, 0.2) is 0 Å². The Morgan fingerprint density at radius 2 is 1.95 bits per heavy atom. The van der Waals surface area contributed by atoms with E-state index in [-0.39, 0.29) is 0 Å². The lowest BCUT2D eigenvalue weighted by atomic mass is 9.99. The van der Waals surface area contributed by atoms with Crippen molar-refractivity contribution in [2.45, 2.75) is 26.3 Å². The normalized spacial score (nSPS) is 12.7. The second kappa shape index (κ2) is 6.37. The molecule has 1 unspecified atom stereocenters. The van der Waals surface area contributed by atoms with Crippen LogP contribution in [-0.2, 0) is 6.42 Å². The van der Waals surface area contributed by atoms with Gasteiger partial charge < -0.3 is 5.32 Å². The maximum atomic E-state index is 4.51. The standard InChI is InChI=1S/C18H20N2S/c1-13(19-11-10-16-12-21-14(2)20-16)17-9-5-7-15-6-3-4-8-18(15)17/h3-9,12-13,19H,10-11H2,1-2H3. The van der Waals surface area contributed by atoms with E-state index in [0.717, 1.165) is 18.0 Å². The predicted molar refractivity (Wildman–Crippen MR) is 90.9 cm³/mol. The van der Waals surface area contributed by atoms with E-state index in [9.17, 15) is 0 Å². The number of thiazole rings is 1. The molecule has 108 valence electrons. The molecule has 3 heteroatoms. The minimum Gasteiger partial charge on any atom is -0.310 e. The summed E-state index contributed by atoms with van der Waals surface area (Å²) in [5, 5.41) is 9.55. The van der Waals surface area contributed by atoms with Crippen molar-refractivity contribution < 1.29 is 0 Å². The summed E-state index contributed by atoms with van der Waals surface area (Å²) in [6.45, 7) is 5.24. The first-order valence-corrected chi connectivity index (χ1v) is 8.24. The molecule has 0 saturated carbocycles. The van der Waals surface area contributed by atoms with Gasteiger partial charge in [-0.2, -0.15) is 0 Å². The Labute approximate surface area is 129 Å². The van der Waals surface area contributed by atoms with E-state index in [2.05, 4.69) is 72.0 Å². The highest BCUT2D eigenvalue weighted by Crippen LogP contribution is 2.23. The number of benzene rings is 2. The predicted octanol–water partition coefficient (Wildman–Crippen LogP) is 4.50. The zero-order valence-electron chi connectivity index (χ0n) is 12.5. The molecule has 2 nitrogen and oxygen atoms in total. The molecule has 3 aromatic rings. The van der Waals surface area contributed by atoms with Crippen LogP contribution in [0.2, 0.25) is 0 Å². The first-order valence-electron chi connectivity index (χ1n) is 7.36. The summed E-state index contributed by atoms with van der Waals surface area (Å²) in [7, 11) is 0. The molecule has 3 rings (SSSR count). The Hall–Kier alpha value is -1.71. The molecule has 1 atom stereocenters. The Morgan fingerprint density at radius 3 is 2.76 bits per heavy atom. The van der Waals surface area contributed by atoms with Gasteiger partial charge in [0.2, 0.25) is 0 Å². The summed E-state index contributed by atoms with van der Waals surface area (Å²) < 4.78 is 0. The summed E-state index contributed by atoms with van der Waals surface area (Å²) in [5.74, 6) is 0.